The minimum atomic E-state index is -0.539. The number of carbonyl (C=O) groups excluding carboxylic acids is 1. The molecule has 1 aromatic heterocycles. The van der Waals surface area contributed by atoms with Crippen LogP contribution in [0, 0.1) is 5.82 Å². The maximum atomic E-state index is 14.8. The first-order chi connectivity index (χ1) is 14.1. The molecule has 1 amide bonds. The zero-order valence-electron chi connectivity index (χ0n) is 15.8. The van der Waals surface area contributed by atoms with Crippen LogP contribution in [0.25, 0.3) is 5.57 Å². The molecule has 0 saturated carbocycles. The van der Waals surface area contributed by atoms with Crippen molar-refractivity contribution < 1.29 is 28.3 Å². The summed E-state index contributed by atoms with van der Waals surface area (Å²) < 4.78 is 30.1. The van der Waals surface area contributed by atoms with Crippen molar-refractivity contribution >= 4 is 17.4 Å². The molecule has 8 nitrogen and oxygen atoms in total. The van der Waals surface area contributed by atoms with Gasteiger partial charge in [-0.25, -0.2) is 9.18 Å². The van der Waals surface area contributed by atoms with E-state index in [1.54, 1.807) is 18.2 Å². The van der Waals surface area contributed by atoms with Crippen molar-refractivity contribution in [3.8, 4) is 5.88 Å². The molecule has 0 bridgehead atoms. The minimum Gasteiger partial charge on any atom is -0.471 e. The standard InChI is InChI=1S/C20H22FN3O5/c21-18-11-15(1-2-17(18)14-3-6-23(7-4-14)8-9-25)24-12-16(29-20(24)26)13-27-19-5-10-28-22-19/h1-3,5,10-11,16,25H,4,6-9,12-13H2. The Kier molecular flexibility index (Phi) is 5.77. The Morgan fingerprint density at radius 1 is 1.34 bits per heavy atom. The predicted molar refractivity (Wildman–Crippen MR) is 102 cm³/mol. The quantitative estimate of drug-likeness (QED) is 0.759. The van der Waals surface area contributed by atoms with Gasteiger partial charge >= 0.3 is 6.09 Å². The highest BCUT2D eigenvalue weighted by atomic mass is 19.1. The molecule has 1 N–H and O–H groups in total. The van der Waals surface area contributed by atoms with Gasteiger partial charge in [0.05, 0.1) is 18.8 Å². The molecule has 1 atom stereocenters. The van der Waals surface area contributed by atoms with E-state index in [1.165, 1.54) is 17.2 Å². The van der Waals surface area contributed by atoms with E-state index < -0.39 is 12.2 Å². The Bertz CT molecular complexity index is 886. The van der Waals surface area contributed by atoms with Gasteiger partial charge in [-0.15, -0.1) is 0 Å². The first-order valence-corrected chi connectivity index (χ1v) is 9.47. The van der Waals surface area contributed by atoms with Gasteiger partial charge in [0, 0.05) is 31.3 Å². The monoisotopic (exact) mass is 403 g/mol. The van der Waals surface area contributed by atoms with E-state index in [0.717, 1.165) is 12.1 Å². The van der Waals surface area contributed by atoms with Crippen LogP contribution in [-0.2, 0) is 4.74 Å². The number of amides is 1. The molecule has 154 valence electrons. The van der Waals surface area contributed by atoms with Crippen LogP contribution in [-0.4, -0.2) is 66.8 Å². The van der Waals surface area contributed by atoms with Crippen molar-refractivity contribution in [2.24, 2.45) is 0 Å². The lowest BCUT2D eigenvalue weighted by molar-refractivity contribution is 0.102. The Morgan fingerprint density at radius 2 is 2.24 bits per heavy atom. The molecule has 3 heterocycles. The summed E-state index contributed by atoms with van der Waals surface area (Å²) in [4.78, 5) is 15.7. The van der Waals surface area contributed by atoms with Crippen molar-refractivity contribution in [2.45, 2.75) is 12.5 Å². The van der Waals surface area contributed by atoms with Crippen LogP contribution >= 0.6 is 0 Å². The molecule has 2 aromatic rings. The topological polar surface area (TPSA) is 88.3 Å². The summed E-state index contributed by atoms with van der Waals surface area (Å²) in [5, 5.41) is 12.7. The zero-order chi connectivity index (χ0) is 20.2. The smallest absolute Gasteiger partial charge is 0.414 e. The van der Waals surface area contributed by atoms with E-state index in [2.05, 4.69) is 14.6 Å². The molecule has 1 saturated heterocycles. The van der Waals surface area contributed by atoms with Crippen molar-refractivity contribution in [3.05, 3.63) is 48.0 Å². The number of nitrogens with zero attached hydrogens (tertiary/aromatic N) is 3. The van der Waals surface area contributed by atoms with Crippen LogP contribution < -0.4 is 9.64 Å². The van der Waals surface area contributed by atoms with Gasteiger partial charge in [-0.2, -0.15) is 0 Å². The summed E-state index contributed by atoms with van der Waals surface area (Å²) in [6.07, 6.45) is 3.06. The third-order valence-corrected chi connectivity index (χ3v) is 5.03. The van der Waals surface area contributed by atoms with Gasteiger partial charge < -0.3 is 19.1 Å². The van der Waals surface area contributed by atoms with Crippen molar-refractivity contribution in [1.82, 2.24) is 10.1 Å². The number of ether oxygens (including phenoxy) is 2. The SMILES string of the molecule is O=C1OC(COc2ccon2)CN1c1ccc(C2=CCN(CCO)CC2)c(F)c1. The lowest BCUT2D eigenvalue weighted by Crippen LogP contribution is -2.31. The van der Waals surface area contributed by atoms with E-state index in [1.807, 2.05) is 6.08 Å². The number of rotatable bonds is 7. The number of cyclic esters (lactones) is 1. The summed E-state index contributed by atoms with van der Waals surface area (Å²) in [5.74, 6) is -0.0623. The summed E-state index contributed by atoms with van der Waals surface area (Å²) in [7, 11) is 0. The third-order valence-electron chi connectivity index (χ3n) is 5.03. The fourth-order valence-corrected chi connectivity index (χ4v) is 3.51. The van der Waals surface area contributed by atoms with Crippen molar-refractivity contribution in [1.29, 1.82) is 0 Å². The minimum absolute atomic E-state index is 0.114. The molecule has 9 heteroatoms. The highest BCUT2D eigenvalue weighted by Crippen LogP contribution is 2.29. The number of hydrogen-bond acceptors (Lipinski definition) is 7. The number of halogens is 1. The van der Waals surface area contributed by atoms with Crippen LogP contribution in [0.2, 0.25) is 0 Å². The fraction of sp³-hybridized carbons (Fsp3) is 0.400. The average Bonchev–Trinajstić information content (AvgIpc) is 3.37. The maximum Gasteiger partial charge on any atom is 0.414 e. The Labute approximate surface area is 167 Å². The van der Waals surface area contributed by atoms with E-state index in [9.17, 15) is 9.18 Å². The highest BCUT2D eigenvalue weighted by Gasteiger charge is 2.33. The van der Waals surface area contributed by atoms with Gasteiger partial charge in [0.15, 0.2) is 6.10 Å². The number of anilines is 1. The second-order valence-electron chi connectivity index (χ2n) is 6.93. The number of carbonyl (C=O) groups is 1. The van der Waals surface area contributed by atoms with Gasteiger partial charge in [-0.3, -0.25) is 9.80 Å². The van der Waals surface area contributed by atoms with Crippen molar-refractivity contribution in [2.75, 3.05) is 44.3 Å². The largest absolute Gasteiger partial charge is 0.471 e. The fourth-order valence-electron chi connectivity index (χ4n) is 3.51. The summed E-state index contributed by atoms with van der Waals surface area (Å²) in [6.45, 7) is 2.58. The Balaban J connectivity index is 1.40. The molecule has 0 radical (unpaired) electrons. The molecular weight excluding hydrogens is 381 g/mol. The number of β-amino-alcohol motifs (C(OH)–C–C–N with tert-alkyl or cyclic N) is 1. The predicted octanol–water partition coefficient (Wildman–Crippen LogP) is 2.30. The summed E-state index contributed by atoms with van der Waals surface area (Å²) in [6, 6.07) is 6.34. The molecule has 1 unspecified atom stereocenters. The van der Waals surface area contributed by atoms with Crippen LogP contribution in [0.3, 0.4) is 0 Å². The molecule has 0 spiro atoms. The van der Waals surface area contributed by atoms with Gasteiger partial charge in [0.25, 0.3) is 5.88 Å². The number of benzene rings is 1. The first kappa shape index (κ1) is 19.4. The second-order valence-corrected chi connectivity index (χ2v) is 6.93. The molecule has 2 aliphatic heterocycles. The van der Waals surface area contributed by atoms with Gasteiger partial charge in [0.2, 0.25) is 0 Å². The van der Waals surface area contributed by atoms with E-state index in [4.69, 9.17) is 14.6 Å². The molecule has 4 rings (SSSR count). The molecule has 1 aromatic carbocycles. The number of aromatic nitrogens is 1. The lowest BCUT2D eigenvalue weighted by atomic mass is 9.98. The highest BCUT2D eigenvalue weighted by molar-refractivity contribution is 5.90. The van der Waals surface area contributed by atoms with Crippen LogP contribution in [0.5, 0.6) is 5.88 Å². The van der Waals surface area contributed by atoms with Crippen LogP contribution in [0.15, 0.2) is 41.1 Å². The lowest BCUT2D eigenvalue weighted by Gasteiger charge is -2.26. The van der Waals surface area contributed by atoms with Crippen molar-refractivity contribution in [3.63, 3.8) is 0 Å². The summed E-state index contributed by atoms with van der Waals surface area (Å²) >= 11 is 0. The van der Waals surface area contributed by atoms with E-state index in [0.29, 0.717) is 36.6 Å². The molecule has 29 heavy (non-hydrogen) atoms. The average molecular weight is 403 g/mol. The molecule has 1 fully saturated rings. The van der Waals surface area contributed by atoms with Crippen LogP contribution in [0.4, 0.5) is 14.9 Å². The Hall–Kier alpha value is -2.91. The number of aliphatic hydroxyl groups is 1. The summed E-state index contributed by atoms with van der Waals surface area (Å²) in [5.41, 5.74) is 1.92. The first-order valence-electron chi connectivity index (χ1n) is 9.47. The zero-order valence-corrected chi connectivity index (χ0v) is 15.8. The normalized spacial score (nSPS) is 19.9. The molecular formula is C20H22FN3O5. The number of aliphatic hydroxyl groups excluding tert-OH is 1. The van der Waals surface area contributed by atoms with Gasteiger partial charge in [0.1, 0.15) is 18.7 Å². The van der Waals surface area contributed by atoms with E-state index in [-0.39, 0.29) is 25.6 Å². The molecule has 0 aliphatic carbocycles. The third kappa shape index (κ3) is 4.41. The van der Waals surface area contributed by atoms with Crippen LogP contribution in [0.1, 0.15) is 12.0 Å². The number of hydrogen-bond donors (Lipinski definition) is 1. The van der Waals surface area contributed by atoms with E-state index >= 15 is 0 Å². The van der Waals surface area contributed by atoms with Gasteiger partial charge in [-0.1, -0.05) is 6.08 Å². The molecule has 2 aliphatic rings. The second kappa shape index (κ2) is 8.62. The van der Waals surface area contributed by atoms with Gasteiger partial charge in [-0.05, 0) is 35.3 Å². The maximum absolute atomic E-state index is 14.8. The Morgan fingerprint density at radius 3 is 2.93 bits per heavy atom.